The maximum Gasteiger partial charge on any atom is 0.416 e. The Bertz CT molecular complexity index is 1060. The normalized spacial score (nSPS) is 20.7. The Morgan fingerprint density at radius 3 is 2.61 bits per heavy atom. The first kappa shape index (κ1) is 25.7. The standard InChI is InChI=1S/C25H30F3N5O3/c1-36-22-6-5-20(14-30-22)33-11-7-18(8-12-33)24(9-10-29-16-24)32-21(34)15-31-23(35)17-3-2-4-19(13-17)25(26,27)28/h2-6,13-14,18,29H,7-12,15-16H2,1H3,(H,31,35)(H,32,34)/t24-/m0/s1. The molecule has 8 nitrogen and oxygen atoms in total. The van der Waals surface area contributed by atoms with Crippen molar-refractivity contribution >= 4 is 17.5 Å². The number of piperidine rings is 1. The first-order valence-corrected chi connectivity index (χ1v) is 11.9. The highest BCUT2D eigenvalue weighted by Crippen LogP contribution is 2.34. The molecule has 3 heterocycles. The largest absolute Gasteiger partial charge is 0.481 e. The van der Waals surface area contributed by atoms with Gasteiger partial charge in [-0.25, -0.2) is 4.98 Å². The Morgan fingerprint density at radius 2 is 2.00 bits per heavy atom. The third-order valence-corrected chi connectivity index (χ3v) is 7.01. The highest BCUT2D eigenvalue weighted by Gasteiger charge is 2.43. The van der Waals surface area contributed by atoms with Crippen LogP contribution in [0, 0.1) is 5.92 Å². The minimum absolute atomic E-state index is 0.143. The molecule has 0 radical (unpaired) electrons. The molecule has 1 aromatic carbocycles. The third-order valence-electron chi connectivity index (χ3n) is 7.01. The maximum atomic E-state index is 12.9. The molecule has 2 aliphatic rings. The van der Waals surface area contributed by atoms with Gasteiger partial charge < -0.3 is 25.6 Å². The Hall–Kier alpha value is -3.34. The van der Waals surface area contributed by atoms with E-state index in [1.165, 1.54) is 12.1 Å². The van der Waals surface area contributed by atoms with Crippen molar-refractivity contribution < 1.29 is 27.5 Å². The summed E-state index contributed by atoms with van der Waals surface area (Å²) in [6, 6.07) is 7.95. The highest BCUT2D eigenvalue weighted by molar-refractivity contribution is 5.96. The molecule has 0 bridgehead atoms. The Labute approximate surface area is 207 Å². The topological polar surface area (TPSA) is 95.6 Å². The summed E-state index contributed by atoms with van der Waals surface area (Å²) in [5.41, 5.74) is -0.459. The number of benzene rings is 1. The molecular weight excluding hydrogens is 475 g/mol. The fourth-order valence-corrected chi connectivity index (χ4v) is 5.06. The molecule has 194 valence electrons. The second-order valence-corrected chi connectivity index (χ2v) is 9.21. The highest BCUT2D eigenvalue weighted by atomic mass is 19.4. The van der Waals surface area contributed by atoms with Crippen LogP contribution in [0.25, 0.3) is 0 Å². The van der Waals surface area contributed by atoms with Crippen LogP contribution in [0.2, 0.25) is 0 Å². The number of alkyl halides is 3. The molecule has 1 atom stereocenters. The fraction of sp³-hybridized carbons (Fsp3) is 0.480. The van der Waals surface area contributed by atoms with E-state index in [0.717, 1.165) is 56.7 Å². The number of pyridine rings is 1. The molecule has 2 aliphatic heterocycles. The molecule has 2 fully saturated rings. The summed E-state index contributed by atoms with van der Waals surface area (Å²) in [6.45, 7) is 2.74. The van der Waals surface area contributed by atoms with Crippen molar-refractivity contribution in [1.29, 1.82) is 0 Å². The van der Waals surface area contributed by atoms with Gasteiger partial charge in [0.05, 0.1) is 36.6 Å². The molecule has 0 saturated carbocycles. The van der Waals surface area contributed by atoms with Crippen LogP contribution >= 0.6 is 0 Å². The van der Waals surface area contributed by atoms with Gasteiger partial charge in [0.2, 0.25) is 11.8 Å². The number of carbonyl (C=O) groups is 2. The average Bonchev–Trinajstić information content (AvgIpc) is 3.36. The number of aromatic nitrogens is 1. The number of methoxy groups -OCH3 is 1. The van der Waals surface area contributed by atoms with Gasteiger partial charge in [0.15, 0.2) is 0 Å². The van der Waals surface area contributed by atoms with Crippen molar-refractivity contribution in [2.45, 2.75) is 31.0 Å². The van der Waals surface area contributed by atoms with Crippen LogP contribution in [-0.2, 0) is 11.0 Å². The van der Waals surface area contributed by atoms with E-state index in [9.17, 15) is 22.8 Å². The lowest BCUT2D eigenvalue weighted by atomic mass is 9.76. The van der Waals surface area contributed by atoms with Crippen molar-refractivity contribution in [3.8, 4) is 5.88 Å². The molecule has 2 aromatic rings. The molecule has 0 aliphatic carbocycles. The Kier molecular flexibility index (Phi) is 7.67. The van der Waals surface area contributed by atoms with Crippen LogP contribution in [0.5, 0.6) is 5.88 Å². The van der Waals surface area contributed by atoms with Crippen LogP contribution < -0.4 is 25.6 Å². The number of anilines is 1. The van der Waals surface area contributed by atoms with E-state index < -0.39 is 23.2 Å². The van der Waals surface area contributed by atoms with Gasteiger partial charge in [-0.05, 0) is 56.0 Å². The van der Waals surface area contributed by atoms with Crippen molar-refractivity contribution in [1.82, 2.24) is 20.9 Å². The van der Waals surface area contributed by atoms with Gasteiger partial charge in [-0.2, -0.15) is 13.2 Å². The first-order chi connectivity index (χ1) is 17.2. The number of nitrogens with zero attached hydrogens (tertiary/aromatic N) is 2. The number of halogens is 3. The van der Waals surface area contributed by atoms with Crippen molar-refractivity contribution in [3.63, 3.8) is 0 Å². The maximum absolute atomic E-state index is 12.9. The molecule has 2 amide bonds. The van der Waals surface area contributed by atoms with E-state index in [4.69, 9.17) is 4.74 Å². The Balaban J connectivity index is 1.33. The van der Waals surface area contributed by atoms with Gasteiger partial charge in [-0.15, -0.1) is 0 Å². The van der Waals surface area contributed by atoms with E-state index in [0.29, 0.717) is 12.4 Å². The SMILES string of the molecule is COc1ccc(N2CCC([C@]3(NC(=O)CNC(=O)c4cccc(C(F)(F)F)c4)CCNC3)CC2)cn1. The number of hydrogen-bond donors (Lipinski definition) is 3. The molecule has 36 heavy (non-hydrogen) atoms. The van der Waals surface area contributed by atoms with Gasteiger partial charge in [-0.1, -0.05) is 6.07 Å². The predicted molar refractivity (Wildman–Crippen MR) is 128 cm³/mol. The number of nitrogens with one attached hydrogen (secondary N) is 3. The van der Waals surface area contributed by atoms with Gasteiger partial charge >= 0.3 is 6.18 Å². The molecule has 1 aromatic heterocycles. The van der Waals surface area contributed by atoms with Crippen LogP contribution in [-0.4, -0.2) is 62.2 Å². The molecule has 0 unspecified atom stereocenters. The number of ether oxygens (including phenoxy) is 1. The van der Waals surface area contributed by atoms with Gasteiger partial charge in [-0.3, -0.25) is 9.59 Å². The van der Waals surface area contributed by atoms with Crippen molar-refractivity contribution in [3.05, 3.63) is 53.7 Å². The summed E-state index contributed by atoms with van der Waals surface area (Å²) in [7, 11) is 1.58. The molecule has 4 rings (SSSR count). The van der Waals surface area contributed by atoms with E-state index in [1.807, 2.05) is 12.1 Å². The van der Waals surface area contributed by atoms with Crippen molar-refractivity contribution in [2.24, 2.45) is 5.92 Å². The summed E-state index contributed by atoms with van der Waals surface area (Å²) < 4.78 is 43.9. The fourth-order valence-electron chi connectivity index (χ4n) is 5.06. The zero-order valence-corrected chi connectivity index (χ0v) is 20.0. The second-order valence-electron chi connectivity index (χ2n) is 9.21. The van der Waals surface area contributed by atoms with Gasteiger partial charge in [0.25, 0.3) is 5.91 Å². The smallest absolute Gasteiger partial charge is 0.416 e. The van der Waals surface area contributed by atoms with Crippen LogP contribution in [0.4, 0.5) is 18.9 Å². The number of carbonyl (C=O) groups excluding carboxylic acids is 2. The third kappa shape index (κ3) is 5.89. The average molecular weight is 506 g/mol. The van der Waals surface area contributed by atoms with E-state index in [2.05, 4.69) is 25.8 Å². The predicted octanol–water partition coefficient (Wildman–Crippen LogP) is 2.60. The summed E-state index contributed by atoms with van der Waals surface area (Å²) >= 11 is 0. The number of hydrogen-bond acceptors (Lipinski definition) is 6. The van der Waals surface area contributed by atoms with Crippen molar-refractivity contribution in [2.75, 3.05) is 44.7 Å². The minimum atomic E-state index is -4.55. The summed E-state index contributed by atoms with van der Waals surface area (Å²) in [6.07, 6.45) is -0.222. The lowest BCUT2D eigenvalue weighted by Gasteiger charge is -2.43. The lowest BCUT2D eigenvalue weighted by Crippen LogP contribution is -2.59. The van der Waals surface area contributed by atoms with Crippen LogP contribution in [0.1, 0.15) is 35.2 Å². The van der Waals surface area contributed by atoms with Gasteiger partial charge in [0.1, 0.15) is 0 Å². The van der Waals surface area contributed by atoms with E-state index in [1.54, 1.807) is 13.3 Å². The molecule has 0 spiro atoms. The van der Waals surface area contributed by atoms with E-state index >= 15 is 0 Å². The first-order valence-electron chi connectivity index (χ1n) is 11.9. The zero-order chi connectivity index (χ0) is 25.8. The second kappa shape index (κ2) is 10.7. The lowest BCUT2D eigenvalue weighted by molar-refractivity contribution is -0.137. The summed E-state index contributed by atoms with van der Waals surface area (Å²) in [4.78, 5) is 31.7. The molecule has 11 heteroatoms. The van der Waals surface area contributed by atoms with Crippen LogP contribution in [0.15, 0.2) is 42.6 Å². The molecular formula is C25H30F3N5O3. The minimum Gasteiger partial charge on any atom is -0.481 e. The summed E-state index contributed by atoms with van der Waals surface area (Å²) in [5.74, 6) is -0.275. The quantitative estimate of drug-likeness (QED) is 0.536. The van der Waals surface area contributed by atoms with Crippen LogP contribution in [0.3, 0.4) is 0 Å². The molecule has 2 saturated heterocycles. The van der Waals surface area contributed by atoms with E-state index in [-0.39, 0.29) is 23.9 Å². The summed E-state index contributed by atoms with van der Waals surface area (Å²) in [5, 5.41) is 8.91. The number of amides is 2. The number of rotatable bonds is 7. The molecule has 3 N–H and O–H groups in total. The Morgan fingerprint density at radius 1 is 1.22 bits per heavy atom. The monoisotopic (exact) mass is 505 g/mol. The zero-order valence-electron chi connectivity index (χ0n) is 20.0. The van der Waals surface area contributed by atoms with Gasteiger partial charge in [0, 0.05) is 31.3 Å².